The lowest BCUT2D eigenvalue weighted by atomic mass is 9.89. The lowest BCUT2D eigenvalue weighted by Gasteiger charge is -2.18. The Labute approximate surface area is 139 Å². The van der Waals surface area contributed by atoms with E-state index in [0.29, 0.717) is 5.92 Å². The number of rotatable bonds is 4. The number of nitrogens with one attached hydrogen (secondary N) is 1. The smallest absolute Gasteiger partial charge is 0.0406 e. The maximum absolute atomic E-state index is 3.54. The molecule has 0 saturated heterocycles. The lowest BCUT2D eigenvalue weighted by Crippen LogP contribution is -2.05. The van der Waals surface area contributed by atoms with Crippen molar-refractivity contribution in [3.05, 3.63) is 82.4 Å². The Morgan fingerprint density at radius 2 is 1.48 bits per heavy atom. The highest BCUT2D eigenvalue weighted by atomic mass is 14.9. The van der Waals surface area contributed by atoms with Gasteiger partial charge < -0.3 is 5.32 Å². The highest BCUT2D eigenvalue weighted by molar-refractivity contribution is 5.81. The summed E-state index contributed by atoms with van der Waals surface area (Å²) in [7, 11) is 0. The van der Waals surface area contributed by atoms with Gasteiger partial charge in [0.05, 0.1) is 0 Å². The molecule has 0 aromatic heterocycles. The molecule has 0 saturated carbocycles. The first-order chi connectivity index (χ1) is 11.1. The topological polar surface area (TPSA) is 12.0 Å². The quantitative estimate of drug-likeness (QED) is 0.724. The maximum Gasteiger partial charge on any atom is 0.0406 e. The minimum atomic E-state index is 0.507. The van der Waals surface area contributed by atoms with Crippen molar-refractivity contribution < 1.29 is 0 Å². The summed E-state index contributed by atoms with van der Waals surface area (Å²) in [4.78, 5) is 0. The predicted octanol–water partition coefficient (Wildman–Crippen LogP) is 6.06. The number of hydrogen-bond donors (Lipinski definition) is 1. The molecule has 118 valence electrons. The van der Waals surface area contributed by atoms with Crippen molar-refractivity contribution in [1.29, 1.82) is 0 Å². The van der Waals surface area contributed by atoms with Crippen LogP contribution in [0.4, 0.5) is 5.69 Å². The zero-order valence-corrected chi connectivity index (χ0v) is 14.5. The van der Waals surface area contributed by atoms with Crippen LogP contribution in [0.15, 0.2) is 71.3 Å². The standard InChI is InChI=1S/C22H25N/c1-15-16(2)18(4)22(17(15)3)21-13-9-8-10-19(21)14-23-20-11-6-5-7-12-20/h5-13,17,23H,14H2,1-4H3. The van der Waals surface area contributed by atoms with Gasteiger partial charge in [0.25, 0.3) is 0 Å². The molecule has 23 heavy (non-hydrogen) atoms. The van der Waals surface area contributed by atoms with E-state index in [0.717, 1.165) is 12.2 Å². The predicted molar refractivity (Wildman–Crippen MR) is 100 cm³/mol. The Morgan fingerprint density at radius 1 is 0.826 bits per heavy atom. The van der Waals surface area contributed by atoms with Gasteiger partial charge in [-0.2, -0.15) is 0 Å². The van der Waals surface area contributed by atoms with Gasteiger partial charge in [0.2, 0.25) is 0 Å². The molecule has 1 N–H and O–H groups in total. The zero-order chi connectivity index (χ0) is 16.4. The first kappa shape index (κ1) is 15.6. The normalized spacial score (nSPS) is 17.8. The molecule has 3 rings (SSSR count). The molecule has 0 fully saturated rings. The van der Waals surface area contributed by atoms with Gasteiger partial charge in [0.15, 0.2) is 0 Å². The summed E-state index contributed by atoms with van der Waals surface area (Å²) in [5.74, 6) is 0.507. The van der Waals surface area contributed by atoms with E-state index in [9.17, 15) is 0 Å². The van der Waals surface area contributed by atoms with E-state index in [2.05, 4.69) is 81.5 Å². The Hall–Kier alpha value is -2.28. The summed E-state index contributed by atoms with van der Waals surface area (Å²) in [5.41, 5.74) is 9.81. The van der Waals surface area contributed by atoms with Crippen LogP contribution in [-0.2, 0) is 6.54 Å². The van der Waals surface area contributed by atoms with Crippen LogP contribution in [0.25, 0.3) is 5.57 Å². The fraction of sp³-hybridized carbons (Fsp3) is 0.273. The van der Waals surface area contributed by atoms with E-state index in [1.165, 1.54) is 33.4 Å². The maximum atomic E-state index is 3.54. The summed E-state index contributed by atoms with van der Waals surface area (Å²) in [6.07, 6.45) is 0. The molecule has 1 aliphatic rings. The van der Waals surface area contributed by atoms with Crippen LogP contribution in [0.1, 0.15) is 38.8 Å². The number of anilines is 1. The van der Waals surface area contributed by atoms with E-state index >= 15 is 0 Å². The molecule has 1 unspecified atom stereocenters. The Morgan fingerprint density at radius 3 is 2.13 bits per heavy atom. The van der Waals surface area contributed by atoms with Gasteiger partial charge in [0, 0.05) is 18.2 Å². The third-order valence-electron chi connectivity index (χ3n) is 5.20. The molecule has 0 heterocycles. The molecule has 2 aromatic rings. The average Bonchev–Trinajstić information content (AvgIpc) is 2.78. The van der Waals surface area contributed by atoms with Crippen molar-refractivity contribution in [3.63, 3.8) is 0 Å². The zero-order valence-electron chi connectivity index (χ0n) is 14.5. The number of allylic oxidation sites excluding steroid dienone is 4. The van der Waals surface area contributed by atoms with Crippen molar-refractivity contribution >= 4 is 11.3 Å². The molecule has 1 atom stereocenters. The van der Waals surface area contributed by atoms with Crippen molar-refractivity contribution in [2.24, 2.45) is 5.92 Å². The van der Waals surface area contributed by atoms with Crippen LogP contribution < -0.4 is 5.32 Å². The fourth-order valence-electron chi connectivity index (χ4n) is 3.49. The summed E-state index contributed by atoms with van der Waals surface area (Å²) in [6, 6.07) is 19.2. The average molecular weight is 303 g/mol. The molecule has 0 spiro atoms. The van der Waals surface area contributed by atoms with Gasteiger partial charge in [-0.05, 0) is 60.8 Å². The van der Waals surface area contributed by atoms with Gasteiger partial charge >= 0.3 is 0 Å². The molecular weight excluding hydrogens is 278 g/mol. The molecule has 1 heteroatoms. The molecule has 0 aliphatic heterocycles. The summed E-state index contributed by atoms with van der Waals surface area (Å²) >= 11 is 0. The Balaban J connectivity index is 1.91. The summed E-state index contributed by atoms with van der Waals surface area (Å²) in [5, 5.41) is 3.54. The van der Waals surface area contributed by atoms with E-state index in [-0.39, 0.29) is 0 Å². The van der Waals surface area contributed by atoms with Crippen LogP contribution in [-0.4, -0.2) is 0 Å². The van der Waals surface area contributed by atoms with E-state index in [1.54, 1.807) is 0 Å². The van der Waals surface area contributed by atoms with Crippen LogP contribution >= 0.6 is 0 Å². The van der Waals surface area contributed by atoms with E-state index < -0.39 is 0 Å². The summed E-state index contributed by atoms with van der Waals surface area (Å²) in [6.45, 7) is 9.95. The van der Waals surface area contributed by atoms with Crippen molar-refractivity contribution in [2.75, 3.05) is 5.32 Å². The Bertz CT molecular complexity index is 766. The minimum absolute atomic E-state index is 0.507. The third-order valence-corrected chi connectivity index (χ3v) is 5.20. The molecule has 1 aliphatic carbocycles. The van der Waals surface area contributed by atoms with Crippen molar-refractivity contribution in [1.82, 2.24) is 0 Å². The third kappa shape index (κ3) is 2.96. The first-order valence-electron chi connectivity index (χ1n) is 8.35. The van der Waals surface area contributed by atoms with Gasteiger partial charge in [0.1, 0.15) is 0 Å². The second kappa shape index (κ2) is 6.45. The second-order valence-corrected chi connectivity index (χ2v) is 6.45. The Kier molecular flexibility index (Phi) is 4.38. The fourth-order valence-corrected chi connectivity index (χ4v) is 3.49. The second-order valence-electron chi connectivity index (χ2n) is 6.45. The monoisotopic (exact) mass is 303 g/mol. The molecule has 1 nitrogen and oxygen atoms in total. The molecule has 0 bridgehead atoms. The molecule has 2 aromatic carbocycles. The highest BCUT2D eigenvalue weighted by Crippen LogP contribution is 2.43. The first-order valence-corrected chi connectivity index (χ1v) is 8.35. The van der Waals surface area contributed by atoms with Crippen LogP contribution in [0.5, 0.6) is 0 Å². The molecule has 0 amide bonds. The van der Waals surface area contributed by atoms with Gasteiger partial charge in [-0.25, -0.2) is 0 Å². The SMILES string of the molecule is CC1=C(C)C(C)C(c2ccccc2CNc2ccccc2)=C1C. The number of benzene rings is 2. The van der Waals surface area contributed by atoms with E-state index in [1.807, 2.05) is 6.07 Å². The van der Waals surface area contributed by atoms with Gasteiger partial charge in [-0.15, -0.1) is 0 Å². The number of hydrogen-bond acceptors (Lipinski definition) is 1. The largest absolute Gasteiger partial charge is 0.381 e. The lowest BCUT2D eigenvalue weighted by molar-refractivity contribution is 0.891. The van der Waals surface area contributed by atoms with Gasteiger partial charge in [-0.1, -0.05) is 55.0 Å². The summed E-state index contributed by atoms with van der Waals surface area (Å²) < 4.78 is 0. The van der Waals surface area contributed by atoms with E-state index in [4.69, 9.17) is 0 Å². The van der Waals surface area contributed by atoms with Crippen molar-refractivity contribution in [2.45, 2.75) is 34.2 Å². The van der Waals surface area contributed by atoms with Crippen LogP contribution in [0.2, 0.25) is 0 Å². The number of para-hydroxylation sites is 1. The van der Waals surface area contributed by atoms with Gasteiger partial charge in [-0.3, -0.25) is 0 Å². The molecule has 0 radical (unpaired) electrons. The van der Waals surface area contributed by atoms with Crippen LogP contribution in [0, 0.1) is 5.92 Å². The van der Waals surface area contributed by atoms with Crippen molar-refractivity contribution in [3.8, 4) is 0 Å². The minimum Gasteiger partial charge on any atom is -0.381 e. The highest BCUT2D eigenvalue weighted by Gasteiger charge is 2.25. The molecular formula is C22H25N. The van der Waals surface area contributed by atoms with Crippen LogP contribution in [0.3, 0.4) is 0 Å².